The third-order valence-corrected chi connectivity index (χ3v) is 2.06. The summed E-state index contributed by atoms with van der Waals surface area (Å²) in [6.07, 6.45) is 0.931. The van der Waals surface area contributed by atoms with E-state index in [1.165, 1.54) is 6.07 Å². The molecule has 0 saturated carbocycles. The number of aliphatic carboxylic acids is 1. The van der Waals surface area contributed by atoms with E-state index in [-0.39, 0.29) is 0 Å². The molecule has 1 aromatic rings. The Balaban J connectivity index is 2.30. The SMILES string of the molecule is O=C(O)C(F)=Cc1ccc2c(c1)OCCO2. The van der Waals surface area contributed by atoms with Crippen LogP contribution in [0.3, 0.4) is 0 Å². The molecule has 0 bridgehead atoms. The van der Waals surface area contributed by atoms with Crippen molar-refractivity contribution in [2.24, 2.45) is 0 Å². The molecule has 0 saturated heterocycles. The molecule has 0 amide bonds. The minimum Gasteiger partial charge on any atom is -0.486 e. The molecule has 0 spiro atoms. The lowest BCUT2D eigenvalue weighted by atomic mass is 10.2. The van der Waals surface area contributed by atoms with E-state index < -0.39 is 11.8 Å². The van der Waals surface area contributed by atoms with Crippen LogP contribution >= 0.6 is 0 Å². The number of benzene rings is 1. The minimum absolute atomic E-state index is 0.421. The first-order valence-corrected chi connectivity index (χ1v) is 4.67. The maximum absolute atomic E-state index is 12.8. The van der Waals surface area contributed by atoms with Crippen LogP contribution in [-0.2, 0) is 4.79 Å². The largest absolute Gasteiger partial charge is 0.486 e. The second kappa shape index (κ2) is 4.22. The van der Waals surface area contributed by atoms with Crippen molar-refractivity contribution < 1.29 is 23.8 Å². The van der Waals surface area contributed by atoms with Crippen LogP contribution in [0, 0.1) is 0 Å². The van der Waals surface area contributed by atoms with Crippen LogP contribution in [0.4, 0.5) is 4.39 Å². The molecule has 0 atom stereocenters. The molecule has 0 aromatic heterocycles. The fraction of sp³-hybridized carbons (Fsp3) is 0.182. The molecule has 84 valence electrons. The van der Waals surface area contributed by atoms with Gasteiger partial charge in [-0.05, 0) is 23.8 Å². The van der Waals surface area contributed by atoms with Crippen molar-refractivity contribution in [2.75, 3.05) is 13.2 Å². The second-order valence-electron chi connectivity index (χ2n) is 3.20. The molecule has 5 heteroatoms. The number of hydrogen-bond acceptors (Lipinski definition) is 3. The summed E-state index contributed by atoms with van der Waals surface area (Å²) in [6.45, 7) is 0.910. The van der Waals surface area contributed by atoms with Gasteiger partial charge in [0.25, 0.3) is 0 Å². The molecule has 2 rings (SSSR count). The smallest absolute Gasteiger partial charge is 0.364 e. The van der Waals surface area contributed by atoms with Crippen LogP contribution in [-0.4, -0.2) is 24.3 Å². The van der Waals surface area contributed by atoms with Gasteiger partial charge in [-0.25, -0.2) is 4.79 Å². The van der Waals surface area contributed by atoms with Crippen molar-refractivity contribution in [1.29, 1.82) is 0 Å². The zero-order chi connectivity index (χ0) is 11.5. The summed E-state index contributed by atoms with van der Waals surface area (Å²) in [5.74, 6) is -1.72. The van der Waals surface area contributed by atoms with Gasteiger partial charge in [0, 0.05) is 0 Å². The average molecular weight is 224 g/mol. The van der Waals surface area contributed by atoms with E-state index in [1.54, 1.807) is 12.1 Å². The van der Waals surface area contributed by atoms with E-state index in [4.69, 9.17) is 14.6 Å². The number of ether oxygens (including phenoxy) is 2. The Hall–Kier alpha value is -2.04. The Morgan fingerprint density at radius 2 is 2.00 bits per heavy atom. The topological polar surface area (TPSA) is 55.8 Å². The van der Waals surface area contributed by atoms with E-state index >= 15 is 0 Å². The lowest BCUT2D eigenvalue weighted by molar-refractivity contribution is -0.134. The predicted octanol–water partition coefficient (Wildman–Crippen LogP) is 1.85. The lowest BCUT2D eigenvalue weighted by Crippen LogP contribution is -2.15. The summed E-state index contributed by atoms with van der Waals surface area (Å²) in [7, 11) is 0. The highest BCUT2D eigenvalue weighted by Crippen LogP contribution is 2.31. The first kappa shape index (κ1) is 10.5. The van der Waals surface area contributed by atoms with Gasteiger partial charge >= 0.3 is 5.97 Å². The van der Waals surface area contributed by atoms with Gasteiger partial charge in [-0.2, -0.15) is 4.39 Å². The van der Waals surface area contributed by atoms with Gasteiger partial charge in [-0.3, -0.25) is 0 Å². The molecular weight excluding hydrogens is 215 g/mol. The van der Waals surface area contributed by atoms with E-state index in [2.05, 4.69) is 0 Å². The normalized spacial score (nSPS) is 14.7. The number of rotatable bonds is 2. The van der Waals surface area contributed by atoms with Gasteiger partial charge in [0.05, 0.1) is 0 Å². The highest BCUT2D eigenvalue weighted by atomic mass is 19.1. The van der Waals surface area contributed by atoms with E-state index in [0.717, 1.165) is 6.08 Å². The summed E-state index contributed by atoms with van der Waals surface area (Å²) in [5.41, 5.74) is 0.421. The summed E-state index contributed by atoms with van der Waals surface area (Å²) < 4.78 is 23.4. The molecule has 0 radical (unpaired) electrons. The molecule has 16 heavy (non-hydrogen) atoms. The van der Waals surface area contributed by atoms with Crippen molar-refractivity contribution in [3.8, 4) is 11.5 Å². The Morgan fingerprint density at radius 1 is 1.31 bits per heavy atom. The van der Waals surface area contributed by atoms with Gasteiger partial charge in [-0.1, -0.05) is 6.07 Å². The van der Waals surface area contributed by atoms with Crippen LogP contribution in [0.1, 0.15) is 5.56 Å². The number of carboxylic acids is 1. The average Bonchev–Trinajstić information content (AvgIpc) is 2.28. The van der Waals surface area contributed by atoms with Crippen molar-refractivity contribution in [3.05, 3.63) is 29.6 Å². The molecule has 1 aliphatic heterocycles. The third kappa shape index (κ3) is 2.13. The first-order valence-electron chi connectivity index (χ1n) is 4.67. The van der Waals surface area contributed by atoms with Crippen LogP contribution in [0.25, 0.3) is 6.08 Å². The van der Waals surface area contributed by atoms with Crippen molar-refractivity contribution >= 4 is 12.0 Å². The molecular formula is C11H9FO4. The van der Waals surface area contributed by atoms with Crippen LogP contribution in [0.15, 0.2) is 24.0 Å². The Labute approximate surface area is 90.9 Å². The number of carbonyl (C=O) groups is 1. The maximum Gasteiger partial charge on any atom is 0.364 e. The quantitative estimate of drug-likeness (QED) is 0.779. The summed E-state index contributed by atoms with van der Waals surface area (Å²) in [5, 5.41) is 8.38. The molecule has 0 unspecified atom stereocenters. The number of halogens is 1. The van der Waals surface area contributed by atoms with Gasteiger partial charge < -0.3 is 14.6 Å². The summed E-state index contributed by atoms with van der Waals surface area (Å²) in [6, 6.07) is 4.72. The minimum atomic E-state index is -1.59. The molecule has 4 nitrogen and oxygen atoms in total. The van der Waals surface area contributed by atoms with Crippen LogP contribution in [0.2, 0.25) is 0 Å². The third-order valence-electron chi connectivity index (χ3n) is 2.06. The Bertz CT molecular complexity index is 453. The molecule has 0 aliphatic carbocycles. The Morgan fingerprint density at radius 3 is 2.69 bits per heavy atom. The van der Waals surface area contributed by atoms with Crippen LogP contribution < -0.4 is 9.47 Å². The Kier molecular flexibility index (Phi) is 2.76. The number of hydrogen-bond donors (Lipinski definition) is 1. The second-order valence-corrected chi connectivity index (χ2v) is 3.20. The summed E-state index contributed by atoms with van der Waals surface area (Å²) >= 11 is 0. The molecule has 1 aromatic carbocycles. The summed E-state index contributed by atoms with van der Waals surface area (Å²) in [4.78, 5) is 10.3. The zero-order valence-corrected chi connectivity index (χ0v) is 8.27. The highest BCUT2D eigenvalue weighted by Gasteiger charge is 2.12. The van der Waals surface area contributed by atoms with Gasteiger partial charge in [-0.15, -0.1) is 0 Å². The predicted molar refractivity (Wildman–Crippen MR) is 54.2 cm³/mol. The number of carboxylic acid groups (broad SMARTS) is 1. The fourth-order valence-corrected chi connectivity index (χ4v) is 1.36. The molecule has 1 N–H and O–H groups in total. The van der Waals surface area contributed by atoms with Crippen LogP contribution in [0.5, 0.6) is 11.5 Å². The number of fused-ring (bicyclic) bond motifs is 1. The van der Waals surface area contributed by atoms with E-state index in [1.807, 2.05) is 0 Å². The standard InChI is InChI=1S/C11H9FO4/c12-8(11(13)14)5-7-1-2-9-10(6-7)16-4-3-15-9/h1-2,5-6H,3-4H2,(H,13,14). The van der Waals surface area contributed by atoms with Crippen molar-refractivity contribution in [1.82, 2.24) is 0 Å². The van der Waals surface area contributed by atoms with E-state index in [0.29, 0.717) is 30.3 Å². The molecule has 0 fully saturated rings. The highest BCUT2D eigenvalue weighted by molar-refractivity contribution is 5.89. The van der Waals surface area contributed by atoms with Crippen molar-refractivity contribution in [3.63, 3.8) is 0 Å². The van der Waals surface area contributed by atoms with Gasteiger partial charge in [0.2, 0.25) is 5.83 Å². The monoisotopic (exact) mass is 224 g/mol. The fourth-order valence-electron chi connectivity index (χ4n) is 1.36. The molecule has 1 heterocycles. The molecule has 1 aliphatic rings. The van der Waals surface area contributed by atoms with Crippen molar-refractivity contribution in [2.45, 2.75) is 0 Å². The zero-order valence-electron chi connectivity index (χ0n) is 8.27. The van der Waals surface area contributed by atoms with Gasteiger partial charge in [0.1, 0.15) is 13.2 Å². The van der Waals surface area contributed by atoms with Gasteiger partial charge in [0.15, 0.2) is 11.5 Å². The lowest BCUT2D eigenvalue weighted by Gasteiger charge is -2.18. The van der Waals surface area contributed by atoms with E-state index in [9.17, 15) is 9.18 Å². The maximum atomic E-state index is 12.8. The first-order chi connectivity index (χ1) is 7.66.